The summed E-state index contributed by atoms with van der Waals surface area (Å²) < 4.78 is 73.2. The Morgan fingerprint density at radius 1 is 0.531 bits per heavy atom. The molecule has 658 valence electrons. The van der Waals surface area contributed by atoms with E-state index in [1.165, 1.54) is 93.0 Å². The summed E-state index contributed by atoms with van der Waals surface area (Å²) in [5.74, 6) is 0.967. The van der Waals surface area contributed by atoms with Gasteiger partial charge in [-0.15, -0.1) is 0 Å². The first-order valence-electron chi connectivity index (χ1n) is 40.5. The van der Waals surface area contributed by atoms with E-state index in [4.69, 9.17) is 37.9 Å². The molecule has 1 unspecified atom stereocenters. The summed E-state index contributed by atoms with van der Waals surface area (Å²) in [6.07, 6.45) is 16.3. The lowest BCUT2D eigenvalue weighted by atomic mass is 10.00. The van der Waals surface area contributed by atoms with Gasteiger partial charge in [-0.25, -0.2) is 62.4 Å². The van der Waals surface area contributed by atoms with Crippen LogP contribution < -0.4 is 43.5 Å². The number of hydrogen-bond acceptors (Lipinski definition) is 25. The number of nitrogens with one attached hydrogen (secondary N) is 4. The quantitative estimate of drug-likeness (QED) is 0.0246. The van der Waals surface area contributed by atoms with Crippen LogP contribution in [0.3, 0.4) is 0 Å². The number of alkyl halides is 1. The number of nitrogens with zero attached hydrogens (tertiary/aromatic N) is 16. The molecule has 16 rings (SSSR count). The second kappa shape index (κ2) is 42.9. The van der Waals surface area contributed by atoms with E-state index in [-0.39, 0.29) is 58.4 Å². The molecule has 2 saturated heterocycles. The molecule has 128 heavy (non-hydrogen) atoms. The Balaban J connectivity index is 0.000000146. The maximum absolute atomic E-state index is 14.0. The van der Waals surface area contributed by atoms with Crippen LogP contribution in [0.4, 0.5) is 53.0 Å². The number of aliphatic hydroxyl groups is 4. The molecule has 0 radical (unpaired) electrons. The number of halogens is 6. The molecule has 2 fully saturated rings. The van der Waals surface area contributed by atoms with Gasteiger partial charge in [-0.2, -0.15) is 10.4 Å². The van der Waals surface area contributed by atoms with Gasteiger partial charge in [-0.1, -0.05) is 59.6 Å². The van der Waals surface area contributed by atoms with Gasteiger partial charge in [0, 0.05) is 148 Å². The van der Waals surface area contributed by atoms with Crippen LogP contribution in [0.1, 0.15) is 90.3 Å². The van der Waals surface area contributed by atoms with E-state index in [2.05, 4.69) is 77.3 Å². The van der Waals surface area contributed by atoms with Crippen LogP contribution in [0, 0.1) is 35.7 Å². The lowest BCUT2D eigenvalue weighted by Gasteiger charge is -2.26. The average molecular weight is 1780 g/mol. The molecule has 2 aliphatic rings. The molecular weight excluding hydrogens is 1690 g/mol. The van der Waals surface area contributed by atoms with E-state index in [1.807, 2.05) is 44.3 Å². The molecule has 36 heteroatoms. The van der Waals surface area contributed by atoms with Gasteiger partial charge in [-0.3, -0.25) is 23.9 Å². The van der Waals surface area contributed by atoms with Crippen LogP contribution >= 0.6 is 23.2 Å². The van der Waals surface area contributed by atoms with Gasteiger partial charge in [0.15, 0.2) is 0 Å². The summed E-state index contributed by atoms with van der Waals surface area (Å²) in [5, 5.41) is 65.3. The van der Waals surface area contributed by atoms with Crippen LogP contribution in [-0.2, 0) is 35.1 Å². The van der Waals surface area contributed by atoms with E-state index in [1.54, 1.807) is 145 Å². The fraction of sp³-hybridized carbons (Fsp3) is 0.250. The van der Waals surface area contributed by atoms with E-state index in [9.17, 15) is 57.2 Å². The van der Waals surface area contributed by atoms with Crippen molar-refractivity contribution in [2.75, 3.05) is 67.5 Å². The van der Waals surface area contributed by atoms with Crippen LogP contribution in [-0.4, -0.2) is 158 Å². The molecule has 10 aromatic heterocycles. The predicted octanol–water partition coefficient (Wildman–Crippen LogP) is 13.1. The first-order valence-corrected chi connectivity index (χ1v) is 41.3. The van der Waals surface area contributed by atoms with Crippen molar-refractivity contribution in [3.05, 3.63) is 340 Å². The maximum Gasteiger partial charge on any atom is 0.251 e. The molecule has 14 aromatic rings. The number of benzene rings is 4. The molecule has 0 bridgehead atoms. The van der Waals surface area contributed by atoms with Gasteiger partial charge in [0.05, 0.1) is 106 Å². The summed E-state index contributed by atoms with van der Waals surface area (Å²) in [5.41, 5.74) is 7.03. The number of aryl methyl sites for hydroxylation is 4. The smallest absolute Gasteiger partial charge is 0.251 e. The van der Waals surface area contributed by atoms with Crippen molar-refractivity contribution in [3.63, 3.8) is 0 Å². The maximum atomic E-state index is 14.0. The Bertz CT molecular complexity index is 6510. The molecule has 8 N–H and O–H groups in total. The zero-order chi connectivity index (χ0) is 90.5. The summed E-state index contributed by atoms with van der Waals surface area (Å²) in [6, 6.07) is 46.1. The second-order valence-corrected chi connectivity index (χ2v) is 31.1. The fourth-order valence-corrected chi connectivity index (χ4v) is 14.2. The van der Waals surface area contributed by atoms with Gasteiger partial charge < -0.3 is 69.4 Å². The van der Waals surface area contributed by atoms with Gasteiger partial charge in [0.2, 0.25) is 23.8 Å². The molecule has 5 atom stereocenters. The third-order valence-corrected chi connectivity index (χ3v) is 21.5. The minimum absolute atomic E-state index is 0.0254. The first kappa shape index (κ1) is 91.8. The van der Waals surface area contributed by atoms with E-state index in [0.29, 0.717) is 105 Å². The third kappa shape index (κ3) is 24.0. The zero-order valence-corrected chi connectivity index (χ0v) is 71.1. The normalized spacial score (nSPS) is 14.5. The van der Waals surface area contributed by atoms with Crippen LogP contribution in [0.2, 0.25) is 10.0 Å². The number of aliphatic hydroxyl groups excluding tert-OH is 3. The van der Waals surface area contributed by atoms with Crippen LogP contribution in [0.5, 0.6) is 0 Å². The number of ether oxygens (including phenoxy) is 2. The lowest BCUT2D eigenvalue weighted by molar-refractivity contribution is 0.0284. The number of pyridine rings is 5. The van der Waals surface area contributed by atoms with Crippen molar-refractivity contribution >= 4 is 58.6 Å². The highest BCUT2D eigenvalue weighted by atomic mass is 35.5. The van der Waals surface area contributed by atoms with Crippen molar-refractivity contribution in [2.45, 2.75) is 95.0 Å². The van der Waals surface area contributed by atoms with Gasteiger partial charge >= 0.3 is 0 Å². The Morgan fingerprint density at radius 3 is 1.46 bits per heavy atom. The lowest BCUT2D eigenvalue weighted by Crippen LogP contribution is -2.39. The van der Waals surface area contributed by atoms with E-state index in [0.717, 1.165) is 60.8 Å². The Hall–Kier alpha value is -13.9. The number of nitriles is 1. The topological polar surface area (TPSA) is 393 Å². The number of aromatic nitrogens is 15. The Labute approximate surface area is 740 Å². The molecular formula is C92H88Cl2F4N20O10. The van der Waals surface area contributed by atoms with Crippen molar-refractivity contribution in [1.82, 2.24) is 72.9 Å². The fourth-order valence-electron chi connectivity index (χ4n) is 14.0. The van der Waals surface area contributed by atoms with Crippen molar-refractivity contribution < 1.29 is 47.5 Å². The molecule has 0 amide bonds. The van der Waals surface area contributed by atoms with E-state index >= 15 is 0 Å². The number of anilines is 6. The van der Waals surface area contributed by atoms with Crippen LogP contribution in [0.25, 0.3) is 45.0 Å². The van der Waals surface area contributed by atoms with Gasteiger partial charge in [0.1, 0.15) is 35.3 Å². The van der Waals surface area contributed by atoms with Crippen molar-refractivity contribution in [3.8, 4) is 51.1 Å². The molecule has 12 heterocycles. The molecule has 0 spiro atoms. The summed E-state index contributed by atoms with van der Waals surface area (Å²) in [6.45, 7) is 6.66. The van der Waals surface area contributed by atoms with E-state index < -0.39 is 65.6 Å². The Morgan fingerprint density at radius 2 is 1.00 bits per heavy atom. The number of hydrogen-bond donors (Lipinski definition) is 8. The minimum atomic E-state index is -1.15. The van der Waals surface area contributed by atoms with Crippen LogP contribution in [0.15, 0.2) is 251 Å². The second-order valence-electron chi connectivity index (χ2n) is 30.2. The summed E-state index contributed by atoms with van der Waals surface area (Å²) in [4.78, 5) is 90.1. The number of rotatable bonds is 25. The predicted molar refractivity (Wildman–Crippen MR) is 476 cm³/mol. The van der Waals surface area contributed by atoms with Crippen molar-refractivity contribution in [2.24, 2.45) is 7.05 Å². The molecule has 0 aliphatic carbocycles. The first-order chi connectivity index (χ1) is 61.8. The highest BCUT2D eigenvalue weighted by molar-refractivity contribution is 6.31. The van der Waals surface area contributed by atoms with Gasteiger partial charge in [-0.05, 0) is 183 Å². The van der Waals surface area contributed by atoms with Crippen molar-refractivity contribution in [1.29, 1.82) is 5.26 Å². The summed E-state index contributed by atoms with van der Waals surface area (Å²) in [7, 11) is 1.81. The monoisotopic (exact) mass is 1780 g/mol. The van der Waals surface area contributed by atoms with Gasteiger partial charge in [0.25, 0.3) is 22.2 Å². The zero-order valence-electron chi connectivity index (χ0n) is 69.6. The molecule has 0 saturated carbocycles. The Kier molecular flexibility index (Phi) is 30.7. The molecule has 2 aliphatic heterocycles. The minimum Gasteiger partial charge on any atom is -0.394 e. The average Bonchev–Trinajstić information content (AvgIpc) is 0.965. The third-order valence-electron chi connectivity index (χ3n) is 20.9. The summed E-state index contributed by atoms with van der Waals surface area (Å²) >= 11 is 11.5. The highest BCUT2D eigenvalue weighted by Crippen LogP contribution is 2.30. The molecule has 30 nitrogen and oxygen atoms in total. The highest BCUT2D eigenvalue weighted by Gasteiger charge is 2.28. The SMILES string of the molecule is CC(C)(O)c1ccnc(Nc2nccc(-c3ccn([C@H](CO)c4ccc(Cl)c(F)c4)c(=O)c3)n2)c1.Cc1cc(Nc2nccc(-c3ccn([C@H](CO)c4ccc(Cl)c(F)c4)c(=O)c3)n2)n(C)n1.N#Cc1ccc(CCn2ccc(-c3ccnc(NC4CCOCC4)n3)cc2=O)cc1.O=c1cc(-c2ccnc(N[C@@H]3CCOC[C@H]3F)n2)ccn1C(CO)c1cccc(F)c1. The standard InChI is InChI=1S/C25H23ClFN5O3.C23H23N5O2.C22H20ClFN6O2.C22H22F2N4O3/c1-25(2,35)17-5-8-28-22(13-17)31-24-29-9-6-20(30-24)15-7-10-32(23(34)12-15)21(14-33)16-3-4-18(26)19(27)11-16;24-16-18-3-1-17(2-4-18)6-11-28-12-7-19(15-22(28)29)21-5-10-25-23(27-21)26-20-8-13-30-14-9-20;1-13-9-20(29(2)28-13)27-22-25-7-5-18(26-22)14-6-8-30(21(32)11-14)19(12-31)15-3-4-16(23)17(24)10-15;23-16-3-1-2-15(10-16)20(12-29)28-8-5-14(11-21(28)30)18-4-7-25-22(26-18)27-19-6-9-31-13-17(19)24/h3-13,21,33,35H,14H2,1-2H3,(H,28,29,30,31);1-5,7,10,12,15,20H,6,8-9,11,13-14H2,(H,25,26,27);3-11,19,31H,12H2,1-2H3,(H,25,26,27);1-5,7-8,10-11,17,19-20,29H,6,9,12-13H2,(H,25,26,27)/t21-;;19-;17-,19-,20?/m1.11/s1. The largest absolute Gasteiger partial charge is 0.394 e. The molecule has 4 aromatic carbocycles.